The first-order valence-corrected chi connectivity index (χ1v) is 16.5. The molecule has 16 heteroatoms. The molecule has 0 unspecified atom stereocenters. The molecule has 0 aromatic heterocycles. The third-order valence-corrected chi connectivity index (χ3v) is 8.50. The van der Waals surface area contributed by atoms with E-state index in [9.17, 15) is 28.8 Å². The van der Waals surface area contributed by atoms with Gasteiger partial charge in [-0.15, -0.1) is 0 Å². The van der Waals surface area contributed by atoms with E-state index in [1.165, 1.54) is 11.8 Å². The molecule has 1 aliphatic rings. The lowest BCUT2D eigenvalue weighted by Crippen LogP contribution is -2.60. The van der Waals surface area contributed by atoms with Crippen LogP contribution in [0.15, 0.2) is 53.5 Å². The minimum atomic E-state index is -1.31. The van der Waals surface area contributed by atoms with Crippen molar-refractivity contribution in [1.82, 2.24) is 20.9 Å². The number of carbonyl (C=O) groups excluding carboxylic acids is 6. The number of fused-ring (bicyclic) bond motifs is 1. The van der Waals surface area contributed by atoms with E-state index in [0.29, 0.717) is 6.42 Å². The van der Waals surface area contributed by atoms with Gasteiger partial charge in [-0.1, -0.05) is 36.4 Å². The van der Waals surface area contributed by atoms with Gasteiger partial charge in [0.25, 0.3) is 0 Å². The van der Waals surface area contributed by atoms with E-state index in [4.69, 9.17) is 22.9 Å². The highest BCUT2D eigenvalue weighted by atomic mass is 127. The molecule has 11 N–H and O–H groups in total. The summed E-state index contributed by atoms with van der Waals surface area (Å²) < 4.78 is 0.964. The topological polar surface area (TPSA) is 258 Å². The quantitative estimate of drug-likeness (QED) is 0.0484. The molecule has 4 atom stereocenters. The van der Waals surface area contributed by atoms with E-state index in [1.807, 2.05) is 48.5 Å². The first kappa shape index (κ1) is 37.7. The van der Waals surface area contributed by atoms with Gasteiger partial charge in [0, 0.05) is 42.8 Å². The zero-order valence-electron chi connectivity index (χ0n) is 26.6. The lowest BCUT2D eigenvalue weighted by Gasteiger charge is -2.37. The van der Waals surface area contributed by atoms with Crippen LogP contribution < -0.4 is 38.9 Å². The zero-order chi connectivity index (χ0) is 35.4. The van der Waals surface area contributed by atoms with Gasteiger partial charge < -0.3 is 43.8 Å². The van der Waals surface area contributed by atoms with Crippen LogP contribution in [0, 0.1) is 3.57 Å². The maximum Gasteiger partial charge on any atom is 0.246 e. The average molecular weight is 776 g/mol. The molecule has 0 radical (unpaired) electrons. The number of hydrogen-bond donors (Lipinski definition) is 7. The molecule has 0 aliphatic carbocycles. The average Bonchev–Trinajstić information content (AvgIpc) is 3.03. The third-order valence-electron chi connectivity index (χ3n) is 7.78. The Morgan fingerprint density at radius 1 is 0.854 bits per heavy atom. The van der Waals surface area contributed by atoms with Crippen molar-refractivity contribution in [1.29, 1.82) is 0 Å². The molecule has 15 nitrogen and oxygen atoms in total. The standard InChI is InChI=1S/C32H42IN9O6/c1-18(43)39-23(7-4-14-38-32(36)37)29(46)40-24(12-13-27(34)44)30(47)41-25(15-19-8-10-22(33)11-9-19)31(48)42-17-21-6-3-2-5-20(21)16-26(42)28(35)45/h2-3,5-6,8-11,23-26H,4,7,12-17H2,1H3,(H2,34,44)(H2,35,45)(H,39,43)(H,40,46)(H,41,47)(H4,36,37,38)/t23-,24-,25+,26-/m0/s1. The Kier molecular flexibility index (Phi) is 14.1. The van der Waals surface area contributed by atoms with Crippen molar-refractivity contribution in [2.75, 3.05) is 6.54 Å². The number of hydrogen-bond acceptors (Lipinski definition) is 7. The molecule has 48 heavy (non-hydrogen) atoms. The largest absolute Gasteiger partial charge is 0.370 e. The van der Waals surface area contributed by atoms with Gasteiger partial charge in [-0.3, -0.25) is 33.8 Å². The molecular formula is C32H42IN9O6. The number of halogens is 1. The molecule has 1 heterocycles. The molecule has 3 rings (SSSR count). The Hall–Kier alpha value is -4.74. The minimum absolute atomic E-state index is 0.0565. The summed E-state index contributed by atoms with van der Waals surface area (Å²) >= 11 is 2.15. The van der Waals surface area contributed by atoms with E-state index in [0.717, 1.165) is 20.3 Å². The van der Waals surface area contributed by atoms with Crippen LogP contribution in [0.25, 0.3) is 0 Å². The third kappa shape index (κ3) is 11.5. The summed E-state index contributed by atoms with van der Waals surface area (Å²) in [6.45, 7) is 1.54. The van der Waals surface area contributed by atoms with Gasteiger partial charge in [0.15, 0.2) is 5.96 Å². The Balaban J connectivity index is 1.90. The lowest BCUT2D eigenvalue weighted by atomic mass is 9.92. The SMILES string of the molecule is CC(=O)N[C@@H](CCCN=C(N)N)C(=O)N[C@@H](CCC(N)=O)C(=O)N[C@H](Cc1ccc(I)cc1)C(=O)N1Cc2ccccc2C[C@H]1C(N)=O. The lowest BCUT2D eigenvalue weighted by molar-refractivity contribution is -0.144. The Morgan fingerprint density at radius 2 is 1.46 bits per heavy atom. The van der Waals surface area contributed by atoms with Gasteiger partial charge in [0.1, 0.15) is 24.2 Å². The van der Waals surface area contributed by atoms with Crippen LogP contribution in [0.4, 0.5) is 0 Å². The summed E-state index contributed by atoms with van der Waals surface area (Å²) in [6, 6.07) is 10.3. The highest BCUT2D eigenvalue weighted by molar-refractivity contribution is 14.1. The van der Waals surface area contributed by atoms with E-state index >= 15 is 0 Å². The van der Waals surface area contributed by atoms with Crippen molar-refractivity contribution in [2.45, 2.75) is 76.2 Å². The maximum absolute atomic E-state index is 14.2. The molecule has 2 aromatic carbocycles. The van der Waals surface area contributed by atoms with E-state index < -0.39 is 59.6 Å². The number of aliphatic imine (C=N–C) groups is 1. The smallest absolute Gasteiger partial charge is 0.246 e. The van der Waals surface area contributed by atoms with Crippen LogP contribution in [-0.4, -0.2) is 77.0 Å². The van der Waals surface area contributed by atoms with Crippen molar-refractivity contribution in [3.63, 3.8) is 0 Å². The van der Waals surface area contributed by atoms with Crippen LogP contribution in [-0.2, 0) is 48.2 Å². The Labute approximate surface area is 292 Å². The summed E-state index contributed by atoms with van der Waals surface area (Å²) in [6.07, 6.45) is 0.314. The molecule has 0 saturated carbocycles. The summed E-state index contributed by atoms with van der Waals surface area (Å²) in [4.78, 5) is 82.8. The molecule has 0 fully saturated rings. The summed E-state index contributed by atoms with van der Waals surface area (Å²) in [7, 11) is 0. The number of nitrogens with one attached hydrogen (secondary N) is 3. The number of guanidine groups is 1. The van der Waals surface area contributed by atoms with Crippen molar-refractivity contribution >= 4 is 64.0 Å². The van der Waals surface area contributed by atoms with Crippen LogP contribution >= 0.6 is 22.6 Å². The number of primary amides is 2. The van der Waals surface area contributed by atoms with Crippen molar-refractivity contribution in [3.05, 3.63) is 68.8 Å². The van der Waals surface area contributed by atoms with Gasteiger partial charge in [0.05, 0.1) is 0 Å². The van der Waals surface area contributed by atoms with Gasteiger partial charge in [-0.2, -0.15) is 0 Å². The van der Waals surface area contributed by atoms with Gasteiger partial charge in [-0.05, 0) is 70.7 Å². The summed E-state index contributed by atoms with van der Waals surface area (Å²) in [5.74, 6) is -4.00. The molecule has 0 spiro atoms. The molecule has 6 amide bonds. The van der Waals surface area contributed by atoms with E-state index in [-0.39, 0.29) is 51.2 Å². The second-order valence-corrected chi connectivity index (χ2v) is 12.8. The van der Waals surface area contributed by atoms with Crippen LogP contribution in [0.5, 0.6) is 0 Å². The molecule has 2 aromatic rings. The first-order chi connectivity index (χ1) is 22.7. The normalized spacial score (nSPS) is 15.5. The fraction of sp³-hybridized carbons (Fsp3) is 0.406. The highest BCUT2D eigenvalue weighted by Crippen LogP contribution is 2.25. The van der Waals surface area contributed by atoms with Gasteiger partial charge in [-0.25, -0.2) is 0 Å². The van der Waals surface area contributed by atoms with E-state index in [2.05, 4.69) is 43.5 Å². The maximum atomic E-state index is 14.2. The number of nitrogens with zero attached hydrogens (tertiary/aromatic N) is 2. The number of rotatable bonds is 16. The van der Waals surface area contributed by atoms with E-state index in [1.54, 1.807) is 0 Å². The molecule has 0 bridgehead atoms. The fourth-order valence-corrected chi connectivity index (χ4v) is 5.74. The fourth-order valence-electron chi connectivity index (χ4n) is 5.38. The Bertz CT molecular complexity index is 1530. The summed E-state index contributed by atoms with van der Waals surface area (Å²) in [5, 5.41) is 7.90. The molecule has 0 saturated heterocycles. The first-order valence-electron chi connectivity index (χ1n) is 15.4. The number of nitrogens with two attached hydrogens (primary N) is 4. The number of amides is 6. The molecular weight excluding hydrogens is 733 g/mol. The number of benzene rings is 2. The second-order valence-electron chi connectivity index (χ2n) is 11.5. The summed E-state index contributed by atoms with van der Waals surface area (Å²) in [5.41, 5.74) is 24.3. The predicted molar refractivity (Wildman–Crippen MR) is 186 cm³/mol. The van der Waals surface area contributed by atoms with Gasteiger partial charge >= 0.3 is 0 Å². The second kappa shape index (κ2) is 18.0. The van der Waals surface area contributed by atoms with Crippen LogP contribution in [0.1, 0.15) is 49.3 Å². The van der Waals surface area contributed by atoms with Crippen molar-refractivity contribution in [3.8, 4) is 0 Å². The highest BCUT2D eigenvalue weighted by Gasteiger charge is 2.38. The molecule has 1 aliphatic heterocycles. The minimum Gasteiger partial charge on any atom is -0.370 e. The molecule has 258 valence electrons. The number of carbonyl (C=O) groups is 6. The predicted octanol–water partition coefficient (Wildman–Crippen LogP) is -0.934. The van der Waals surface area contributed by atoms with Crippen molar-refractivity contribution < 1.29 is 28.8 Å². The monoisotopic (exact) mass is 775 g/mol. The zero-order valence-corrected chi connectivity index (χ0v) is 28.8. The van der Waals surface area contributed by atoms with Gasteiger partial charge in [0.2, 0.25) is 35.4 Å². The van der Waals surface area contributed by atoms with Crippen molar-refractivity contribution in [2.24, 2.45) is 27.9 Å². The Morgan fingerprint density at radius 3 is 2.04 bits per heavy atom. The van der Waals surface area contributed by atoms with Crippen LogP contribution in [0.3, 0.4) is 0 Å². The van der Waals surface area contributed by atoms with Crippen LogP contribution in [0.2, 0.25) is 0 Å².